The maximum atomic E-state index is 13.1. The molecule has 0 aliphatic heterocycles. The van der Waals surface area contributed by atoms with Gasteiger partial charge < -0.3 is 10.1 Å². The average molecular weight is 405 g/mol. The van der Waals surface area contributed by atoms with Gasteiger partial charge in [0.15, 0.2) is 0 Å². The number of benzene rings is 3. The lowest BCUT2D eigenvalue weighted by atomic mass is 9.95. The second-order valence-electron chi connectivity index (χ2n) is 6.83. The second-order valence-corrected chi connectivity index (χ2v) is 6.83. The monoisotopic (exact) mass is 405 g/mol. The summed E-state index contributed by atoms with van der Waals surface area (Å²) >= 11 is 0. The molecule has 1 N–H and O–H groups in total. The highest BCUT2D eigenvalue weighted by atomic mass is 16.5. The lowest BCUT2D eigenvalue weighted by Crippen LogP contribution is -2.13. The van der Waals surface area contributed by atoms with E-state index in [-0.39, 0.29) is 5.91 Å². The van der Waals surface area contributed by atoms with Crippen LogP contribution in [0, 0.1) is 11.3 Å². The fraction of sp³-hybridized carbons (Fsp3) is 0.0385. The van der Waals surface area contributed by atoms with E-state index >= 15 is 0 Å². The number of amides is 1. The molecule has 5 heteroatoms. The number of carbonyl (C=O) groups excluding carboxylic acids is 1. The first-order valence-corrected chi connectivity index (χ1v) is 9.76. The first-order valence-electron chi connectivity index (χ1n) is 9.76. The summed E-state index contributed by atoms with van der Waals surface area (Å²) < 4.78 is 5.82. The molecule has 0 fully saturated rings. The van der Waals surface area contributed by atoms with Crippen molar-refractivity contribution in [2.75, 3.05) is 5.32 Å². The van der Waals surface area contributed by atoms with Crippen molar-refractivity contribution in [2.24, 2.45) is 0 Å². The zero-order valence-electron chi connectivity index (χ0n) is 16.7. The largest absolute Gasteiger partial charge is 0.489 e. The molecule has 1 aromatic heterocycles. The van der Waals surface area contributed by atoms with Gasteiger partial charge in [0.05, 0.1) is 11.6 Å². The van der Waals surface area contributed by atoms with E-state index in [2.05, 4.69) is 16.4 Å². The molecule has 0 bridgehead atoms. The number of rotatable bonds is 6. The minimum Gasteiger partial charge on any atom is -0.489 e. The normalized spacial score (nSPS) is 10.2. The Labute approximate surface area is 180 Å². The number of ether oxygens (including phenoxy) is 1. The van der Waals surface area contributed by atoms with E-state index < -0.39 is 0 Å². The number of nitrogens with one attached hydrogen (secondary N) is 1. The summed E-state index contributed by atoms with van der Waals surface area (Å²) in [5.74, 6) is 0.387. The molecule has 1 heterocycles. The molecule has 0 saturated heterocycles. The molecular formula is C26H19N3O2. The van der Waals surface area contributed by atoms with E-state index in [1.807, 2.05) is 54.6 Å². The van der Waals surface area contributed by atoms with Gasteiger partial charge in [-0.25, -0.2) is 0 Å². The van der Waals surface area contributed by atoms with Crippen molar-refractivity contribution in [1.29, 1.82) is 5.26 Å². The Morgan fingerprint density at radius 2 is 1.74 bits per heavy atom. The van der Waals surface area contributed by atoms with Gasteiger partial charge in [0.1, 0.15) is 12.4 Å². The van der Waals surface area contributed by atoms with Crippen LogP contribution in [0.3, 0.4) is 0 Å². The highest BCUT2D eigenvalue weighted by Gasteiger charge is 2.15. The molecule has 0 spiro atoms. The molecule has 0 aliphatic rings. The minimum absolute atomic E-state index is 0.257. The molecule has 0 saturated carbocycles. The van der Waals surface area contributed by atoms with Crippen LogP contribution >= 0.6 is 0 Å². The molecule has 0 aliphatic carbocycles. The van der Waals surface area contributed by atoms with E-state index in [4.69, 9.17) is 4.74 Å². The highest BCUT2D eigenvalue weighted by Crippen LogP contribution is 2.28. The molecule has 0 atom stereocenters. The molecule has 0 radical (unpaired) electrons. The van der Waals surface area contributed by atoms with Gasteiger partial charge in [0.2, 0.25) is 0 Å². The summed E-state index contributed by atoms with van der Waals surface area (Å²) in [4.78, 5) is 17.1. The van der Waals surface area contributed by atoms with Crippen LogP contribution in [-0.4, -0.2) is 10.9 Å². The predicted octanol–water partition coefficient (Wildman–Crippen LogP) is 5.45. The molecule has 31 heavy (non-hydrogen) atoms. The molecule has 3 aromatic carbocycles. The Morgan fingerprint density at radius 3 is 2.55 bits per heavy atom. The van der Waals surface area contributed by atoms with Gasteiger partial charge in [-0.15, -0.1) is 0 Å². The van der Waals surface area contributed by atoms with E-state index in [1.54, 1.807) is 42.7 Å². The van der Waals surface area contributed by atoms with Crippen LogP contribution in [0.1, 0.15) is 21.5 Å². The van der Waals surface area contributed by atoms with Crippen molar-refractivity contribution in [3.63, 3.8) is 0 Å². The number of hydrogen-bond acceptors (Lipinski definition) is 4. The van der Waals surface area contributed by atoms with Crippen molar-refractivity contribution < 1.29 is 9.53 Å². The molecule has 0 unspecified atom stereocenters. The van der Waals surface area contributed by atoms with Crippen molar-refractivity contribution in [1.82, 2.24) is 4.98 Å². The fourth-order valence-electron chi connectivity index (χ4n) is 3.24. The van der Waals surface area contributed by atoms with Crippen molar-refractivity contribution in [2.45, 2.75) is 6.61 Å². The average Bonchev–Trinajstić information content (AvgIpc) is 2.83. The third-order valence-electron chi connectivity index (χ3n) is 4.73. The van der Waals surface area contributed by atoms with Gasteiger partial charge in [-0.2, -0.15) is 5.26 Å². The third-order valence-corrected chi connectivity index (χ3v) is 4.73. The van der Waals surface area contributed by atoms with Crippen LogP contribution in [0.4, 0.5) is 5.69 Å². The Morgan fingerprint density at radius 1 is 0.935 bits per heavy atom. The van der Waals surface area contributed by atoms with Gasteiger partial charge in [-0.3, -0.25) is 9.78 Å². The summed E-state index contributed by atoms with van der Waals surface area (Å²) in [6.45, 7) is 0.388. The zero-order chi connectivity index (χ0) is 21.5. The van der Waals surface area contributed by atoms with E-state index in [1.165, 1.54) is 0 Å². The van der Waals surface area contributed by atoms with Gasteiger partial charge in [0.25, 0.3) is 5.91 Å². The number of hydrogen-bond donors (Lipinski definition) is 1. The quantitative estimate of drug-likeness (QED) is 0.463. The van der Waals surface area contributed by atoms with Gasteiger partial charge >= 0.3 is 0 Å². The number of anilines is 1. The first kappa shape index (κ1) is 19.9. The standard InChI is InChI=1S/C26H19N3O2/c27-16-20-8-1-2-11-23(20)24-12-3-4-13-25(24)26(30)29-21-9-5-10-22(15-21)31-18-19-7-6-14-28-17-19/h1-15,17H,18H2,(H,29,30). The Kier molecular flexibility index (Phi) is 6.01. The summed E-state index contributed by atoms with van der Waals surface area (Å²) in [5, 5.41) is 12.4. The van der Waals surface area contributed by atoms with Crippen LogP contribution in [-0.2, 0) is 6.61 Å². The molecule has 150 valence electrons. The summed E-state index contributed by atoms with van der Waals surface area (Å²) in [5.41, 5.74) is 4.03. The second kappa shape index (κ2) is 9.38. The number of pyridine rings is 1. The van der Waals surface area contributed by atoms with Crippen LogP contribution < -0.4 is 10.1 Å². The number of carbonyl (C=O) groups is 1. The van der Waals surface area contributed by atoms with Gasteiger partial charge in [0, 0.05) is 40.8 Å². The van der Waals surface area contributed by atoms with Crippen molar-refractivity contribution in [3.05, 3.63) is 114 Å². The smallest absolute Gasteiger partial charge is 0.256 e. The van der Waals surface area contributed by atoms with E-state index in [0.717, 1.165) is 11.1 Å². The Bertz CT molecular complexity index is 1250. The number of aromatic nitrogens is 1. The molecule has 5 nitrogen and oxygen atoms in total. The minimum atomic E-state index is -0.257. The topological polar surface area (TPSA) is 75.0 Å². The van der Waals surface area contributed by atoms with Crippen LogP contribution in [0.25, 0.3) is 11.1 Å². The lowest BCUT2D eigenvalue weighted by molar-refractivity contribution is 0.102. The molecule has 4 aromatic rings. The Balaban J connectivity index is 1.54. The third kappa shape index (κ3) is 4.77. The van der Waals surface area contributed by atoms with E-state index in [9.17, 15) is 10.1 Å². The molecular weight excluding hydrogens is 386 g/mol. The van der Waals surface area contributed by atoms with E-state index in [0.29, 0.717) is 34.7 Å². The molecule has 1 amide bonds. The predicted molar refractivity (Wildman–Crippen MR) is 120 cm³/mol. The van der Waals surface area contributed by atoms with Crippen LogP contribution in [0.15, 0.2) is 97.3 Å². The zero-order valence-corrected chi connectivity index (χ0v) is 16.7. The lowest BCUT2D eigenvalue weighted by Gasteiger charge is -2.12. The van der Waals surface area contributed by atoms with Crippen LogP contribution in [0.2, 0.25) is 0 Å². The van der Waals surface area contributed by atoms with Gasteiger partial charge in [-0.05, 0) is 35.9 Å². The first-order chi connectivity index (χ1) is 15.2. The summed E-state index contributed by atoms with van der Waals surface area (Å²) in [6.07, 6.45) is 3.47. The fourth-order valence-corrected chi connectivity index (χ4v) is 3.24. The molecule has 4 rings (SSSR count). The summed E-state index contributed by atoms with van der Waals surface area (Å²) in [6, 6.07) is 27.7. The Hall–Kier alpha value is -4.43. The maximum absolute atomic E-state index is 13.1. The van der Waals surface area contributed by atoms with Crippen LogP contribution in [0.5, 0.6) is 5.75 Å². The van der Waals surface area contributed by atoms with Crippen molar-refractivity contribution >= 4 is 11.6 Å². The SMILES string of the molecule is N#Cc1ccccc1-c1ccccc1C(=O)Nc1cccc(OCc2cccnc2)c1. The summed E-state index contributed by atoms with van der Waals surface area (Å²) in [7, 11) is 0. The number of nitrogens with zero attached hydrogens (tertiary/aromatic N) is 2. The maximum Gasteiger partial charge on any atom is 0.256 e. The van der Waals surface area contributed by atoms with Crippen molar-refractivity contribution in [3.8, 4) is 22.9 Å². The highest BCUT2D eigenvalue weighted by molar-refractivity contribution is 6.09. The number of nitriles is 1. The van der Waals surface area contributed by atoms with Gasteiger partial charge in [-0.1, -0.05) is 48.5 Å².